The topological polar surface area (TPSA) is 83.1 Å². The number of amides is 2. The molecule has 29 heavy (non-hydrogen) atoms. The Labute approximate surface area is 170 Å². The molecule has 1 aromatic heterocycles. The van der Waals surface area contributed by atoms with Gasteiger partial charge >= 0.3 is 0 Å². The molecule has 0 aliphatic heterocycles. The second kappa shape index (κ2) is 9.01. The number of hydrogen-bond donors (Lipinski definition) is 3. The summed E-state index contributed by atoms with van der Waals surface area (Å²) in [5.74, 6) is 0.244. The fraction of sp³-hybridized carbons (Fsp3) is 0.174. The van der Waals surface area contributed by atoms with E-state index in [1.165, 1.54) is 12.5 Å². The zero-order valence-electron chi connectivity index (χ0n) is 16.7. The summed E-state index contributed by atoms with van der Waals surface area (Å²) in [6, 6.07) is 16.7. The van der Waals surface area contributed by atoms with Crippen LogP contribution in [0, 0.1) is 6.92 Å². The molecule has 0 aliphatic rings. The predicted molar refractivity (Wildman–Crippen MR) is 117 cm³/mol. The van der Waals surface area contributed by atoms with E-state index in [1.54, 1.807) is 42.6 Å². The van der Waals surface area contributed by atoms with Gasteiger partial charge in [0.15, 0.2) is 0 Å². The van der Waals surface area contributed by atoms with Gasteiger partial charge in [-0.25, -0.2) is 4.98 Å². The van der Waals surface area contributed by atoms with Crippen molar-refractivity contribution < 1.29 is 9.59 Å². The maximum Gasteiger partial charge on any atom is 0.257 e. The molecule has 6 nitrogen and oxygen atoms in total. The van der Waals surface area contributed by atoms with Crippen molar-refractivity contribution in [1.29, 1.82) is 0 Å². The van der Waals surface area contributed by atoms with Crippen molar-refractivity contribution in [2.75, 3.05) is 16.0 Å². The van der Waals surface area contributed by atoms with Crippen molar-refractivity contribution in [3.05, 3.63) is 77.5 Å². The number of pyridine rings is 1. The molecule has 0 unspecified atom stereocenters. The molecule has 0 bridgehead atoms. The van der Waals surface area contributed by atoms with Crippen LogP contribution in [0.4, 0.5) is 22.9 Å². The van der Waals surface area contributed by atoms with Gasteiger partial charge in [-0.2, -0.15) is 0 Å². The van der Waals surface area contributed by atoms with Crippen LogP contribution in [0.3, 0.4) is 0 Å². The molecule has 0 aliphatic carbocycles. The molecule has 0 saturated heterocycles. The largest absolute Gasteiger partial charge is 0.340 e. The summed E-state index contributed by atoms with van der Waals surface area (Å²) in [4.78, 5) is 28.1. The van der Waals surface area contributed by atoms with Crippen molar-refractivity contribution in [3.63, 3.8) is 0 Å². The average Bonchev–Trinajstić information content (AvgIpc) is 2.69. The molecule has 0 spiro atoms. The Bertz CT molecular complexity index is 1030. The number of nitrogens with one attached hydrogen (secondary N) is 3. The van der Waals surface area contributed by atoms with Crippen molar-refractivity contribution in [3.8, 4) is 0 Å². The molecule has 2 aromatic carbocycles. The Hall–Kier alpha value is -3.67. The van der Waals surface area contributed by atoms with E-state index in [0.29, 0.717) is 22.8 Å². The summed E-state index contributed by atoms with van der Waals surface area (Å²) in [5, 5.41) is 8.86. The van der Waals surface area contributed by atoms with E-state index >= 15 is 0 Å². The minimum atomic E-state index is -0.269. The van der Waals surface area contributed by atoms with Gasteiger partial charge in [0.25, 0.3) is 5.91 Å². The smallest absolute Gasteiger partial charge is 0.257 e. The molecule has 0 radical (unpaired) electrons. The van der Waals surface area contributed by atoms with E-state index in [0.717, 1.165) is 17.7 Å². The molecule has 3 aromatic rings. The number of carbonyl (C=O) groups excluding carboxylic acids is 2. The Morgan fingerprint density at radius 2 is 1.69 bits per heavy atom. The quantitative estimate of drug-likeness (QED) is 0.560. The maximum atomic E-state index is 12.5. The van der Waals surface area contributed by atoms with Gasteiger partial charge in [0.1, 0.15) is 5.82 Å². The number of anilines is 4. The number of aromatic nitrogens is 1. The predicted octanol–water partition coefficient (Wildman–Crippen LogP) is 4.91. The van der Waals surface area contributed by atoms with Gasteiger partial charge in [-0.1, -0.05) is 31.2 Å². The fourth-order valence-electron chi connectivity index (χ4n) is 3.01. The van der Waals surface area contributed by atoms with Gasteiger partial charge in [0, 0.05) is 30.2 Å². The van der Waals surface area contributed by atoms with Crippen LogP contribution in [0.15, 0.2) is 60.8 Å². The van der Waals surface area contributed by atoms with E-state index in [-0.39, 0.29) is 11.8 Å². The van der Waals surface area contributed by atoms with Crippen LogP contribution >= 0.6 is 0 Å². The van der Waals surface area contributed by atoms with Gasteiger partial charge in [0.2, 0.25) is 5.91 Å². The van der Waals surface area contributed by atoms with E-state index in [9.17, 15) is 9.59 Å². The van der Waals surface area contributed by atoms with Gasteiger partial charge in [-0.15, -0.1) is 0 Å². The van der Waals surface area contributed by atoms with Gasteiger partial charge in [0.05, 0.1) is 5.56 Å². The molecule has 148 valence electrons. The van der Waals surface area contributed by atoms with Crippen LogP contribution in [0.2, 0.25) is 0 Å². The van der Waals surface area contributed by atoms with Crippen LogP contribution < -0.4 is 16.0 Å². The zero-order chi connectivity index (χ0) is 20.8. The number of rotatable bonds is 6. The Kier molecular flexibility index (Phi) is 6.24. The number of para-hydroxylation sites is 1. The molecule has 2 amide bonds. The van der Waals surface area contributed by atoms with Gasteiger partial charge in [-0.05, 0) is 54.8 Å². The summed E-state index contributed by atoms with van der Waals surface area (Å²) < 4.78 is 0. The van der Waals surface area contributed by atoms with Crippen molar-refractivity contribution in [2.24, 2.45) is 0 Å². The molecular formula is C23H24N4O2. The van der Waals surface area contributed by atoms with Crippen molar-refractivity contribution in [2.45, 2.75) is 27.2 Å². The monoisotopic (exact) mass is 388 g/mol. The third-order valence-electron chi connectivity index (χ3n) is 4.46. The van der Waals surface area contributed by atoms with E-state index in [2.05, 4.69) is 46.9 Å². The molecular weight excluding hydrogens is 364 g/mol. The minimum Gasteiger partial charge on any atom is -0.340 e. The Balaban J connectivity index is 1.70. The third-order valence-corrected chi connectivity index (χ3v) is 4.46. The lowest BCUT2D eigenvalue weighted by Crippen LogP contribution is -2.13. The summed E-state index contributed by atoms with van der Waals surface area (Å²) in [7, 11) is 0. The first kappa shape index (κ1) is 20.1. The highest BCUT2D eigenvalue weighted by molar-refractivity contribution is 6.04. The molecule has 3 rings (SSSR count). The lowest BCUT2D eigenvalue weighted by Gasteiger charge is -2.13. The second-order valence-corrected chi connectivity index (χ2v) is 6.74. The van der Waals surface area contributed by atoms with Crippen LogP contribution in [0.5, 0.6) is 0 Å². The van der Waals surface area contributed by atoms with Gasteiger partial charge in [-0.3, -0.25) is 9.59 Å². The first-order valence-corrected chi connectivity index (χ1v) is 9.47. The summed E-state index contributed by atoms with van der Waals surface area (Å²) >= 11 is 0. The molecule has 6 heteroatoms. The van der Waals surface area contributed by atoms with E-state index < -0.39 is 0 Å². The van der Waals surface area contributed by atoms with E-state index in [4.69, 9.17) is 0 Å². The highest BCUT2D eigenvalue weighted by Crippen LogP contribution is 2.24. The summed E-state index contributed by atoms with van der Waals surface area (Å²) in [6.45, 7) is 5.60. The van der Waals surface area contributed by atoms with Crippen molar-refractivity contribution >= 4 is 34.7 Å². The number of aryl methyl sites for hydroxylation is 2. The standard InChI is InChI=1S/C23H24N4O2/c1-4-17-8-5-7-15(2)22(17)27-21-12-11-18(14-24-21)23(29)26-20-10-6-9-19(13-20)25-16(3)28/h5-14H,4H2,1-3H3,(H,24,27)(H,25,28)(H,26,29). The maximum absolute atomic E-state index is 12.5. The third kappa shape index (κ3) is 5.19. The summed E-state index contributed by atoms with van der Waals surface area (Å²) in [6.07, 6.45) is 2.46. The van der Waals surface area contributed by atoms with Crippen LogP contribution in [-0.2, 0) is 11.2 Å². The normalized spacial score (nSPS) is 10.3. The van der Waals surface area contributed by atoms with E-state index in [1.807, 2.05) is 6.07 Å². The molecule has 0 atom stereocenters. The minimum absolute atomic E-state index is 0.166. The second-order valence-electron chi connectivity index (χ2n) is 6.74. The van der Waals surface area contributed by atoms with Crippen molar-refractivity contribution in [1.82, 2.24) is 4.98 Å². The first-order valence-electron chi connectivity index (χ1n) is 9.47. The highest BCUT2D eigenvalue weighted by atomic mass is 16.2. The first-order chi connectivity index (χ1) is 14.0. The Morgan fingerprint density at radius 1 is 0.966 bits per heavy atom. The lowest BCUT2D eigenvalue weighted by molar-refractivity contribution is -0.114. The molecule has 3 N–H and O–H groups in total. The molecule has 0 fully saturated rings. The number of hydrogen-bond acceptors (Lipinski definition) is 4. The van der Waals surface area contributed by atoms with Crippen LogP contribution in [-0.4, -0.2) is 16.8 Å². The number of nitrogens with zero attached hydrogens (tertiary/aromatic N) is 1. The zero-order valence-corrected chi connectivity index (χ0v) is 16.7. The van der Waals surface area contributed by atoms with Crippen LogP contribution in [0.1, 0.15) is 35.3 Å². The lowest BCUT2D eigenvalue weighted by atomic mass is 10.1. The number of carbonyl (C=O) groups is 2. The molecule has 0 saturated carbocycles. The molecule has 1 heterocycles. The SMILES string of the molecule is CCc1cccc(C)c1Nc1ccc(C(=O)Nc2cccc(NC(C)=O)c2)cn1. The van der Waals surface area contributed by atoms with Crippen LogP contribution in [0.25, 0.3) is 0 Å². The number of benzene rings is 2. The summed E-state index contributed by atoms with van der Waals surface area (Å²) in [5.41, 5.74) is 5.07. The highest BCUT2D eigenvalue weighted by Gasteiger charge is 2.09. The Morgan fingerprint density at radius 3 is 2.34 bits per heavy atom. The fourth-order valence-corrected chi connectivity index (χ4v) is 3.01. The average molecular weight is 388 g/mol. The van der Waals surface area contributed by atoms with Gasteiger partial charge < -0.3 is 16.0 Å².